The Bertz CT molecular complexity index is 1190. The fourth-order valence-corrected chi connectivity index (χ4v) is 2.88. The summed E-state index contributed by atoms with van der Waals surface area (Å²) in [6.45, 7) is 1.89. The van der Waals surface area contributed by atoms with E-state index in [4.69, 9.17) is 4.52 Å². The molecule has 0 spiro atoms. The van der Waals surface area contributed by atoms with Crippen LogP contribution < -0.4 is 5.69 Å². The van der Waals surface area contributed by atoms with Crippen LogP contribution in [-0.2, 0) is 12.7 Å². The Morgan fingerprint density at radius 3 is 2.70 bits per heavy atom. The topological polar surface area (TPSA) is 76.7 Å². The first-order valence-electron chi connectivity index (χ1n) is 7.99. The van der Waals surface area contributed by atoms with Gasteiger partial charge in [-0.05, 0) is 30.7 Å². The zero-order valence-corrected chi connectivity index (χ0v) is 14.0. The van der Waals surface area contributed by atoms with Crippen LogP contribution in [0.15, 0.2) is 51.9 Å². The number of hydrogen-bond donors (Lipinski definition) is 1. The molecule has 1 N–H and O–H groups in total. The van der Waals surface area contributed by atoms with E-state index in [9.17, 15) is 18.0 Å². The fourth-order valence-electron chi connectivity index (χ4n) is 2.88. The van der Waals surface area contributed by atoms with E-state index in [-0.39, 0.29) is 12.2 Å². The molecule has 0 amide bonds. The van der Waals surface area contributed by atoms with Crippen molar-refractivity contribution >= 4 is 11.2 Å². The average molecular weight is 374 g/mol. The van der Waals surface area contributed by atoms with Crippen LogP contribution in [0.4, 0.5) is 13.2 Å². The highest BCUT2D eigenvalue weighted by Gasteiger charge is 2.30. The number of hydrogen-bond acceptors (Lipinski definition) is 4. The smallest absolute Gasteiger partial charge is 0.361 e. The third-order valence-electron chi connectivity index (χ3n) is 4.15. The molecule has 0 saturated heterocycles. The monoisotopic (exact) mass is 374 g/mol. The van der Waals surface area contributed by atoms with Gasteiger partial charge in [0.05, 0.1) is 17.6 Å². The van der Waals surface area contributed by atoms with Crippen LogP contribution in [-0.4, -0.2) is 19.7 Å². The van der Waals surface area contributed by atoms with Gasteiger partial charge in [0, 0.05) is 17.8 Å². The standard InChI is InChI=1S/C18H13F3N4O2/c1-10-5-14(24-27-10)9-25-15-7-12(8-22-16(15)23-17(25)26)11-3-2-4-13(6-11)18(19,20)21/h2-8H,9H2,1H3,(H,22,23,26). The molecule has 0 fully saturated rings. The van der Waals surface area contributed by atoms with Crippen LogP contribution in [0.2, 0.25) is 0 Å². The molecule has 0 atom stereocenters. The molecule has 0 radical (unpaired) electrons. The molecule has 0 unspecified atom stereocenters. The number of aromatic nitrogens is 4. The lowest BCUT2D eigenvalue weighted by Gasteiger charge is -2.09. The highest BCUT2D eigenvalue weighted by molar-refractivity contribution is 5.78. The molecule has 0 aliphatic heterocycles. The number of aromatic amines is 1. The molecule has 1 aromatic carbocycles. The third-order valence-corrected chi connectivity index (χ3v) is 4.15. The maximum Gasteiger partial charge on any atom is 0.416 e. The highest BCUT2D eigenvalue weighted by atomic mass is 19.4. The molecule has 6 nitrogen and oxygen atoms in total. The van der Waals surface area contributed by atoms with Crippen LogP contribution in [0.25, 0.3) is 22.3 Å². The zero-order chi connectivity index (χ0) is 19.2. The summed E-state index contributed by atoms with van der Waals surface area (Å²) < 4.78 is 45.3. The number of alkyl halides is 3. The van der Waals surface area contributed by atoms with Crippen LogP contribution in [0, 0.1) is 6.92 Å². The third kappa shape index (κ3) is 3.23. The molecule has 0 aliphatic rings. The Hall–Kier alpha value is -3.36. The first-order valence-corrected chi connectivity index (χ1v) is 7.99. The number of pyridine rings is 1. The maximum atomic E-state index is 13.0. The molecular weight excluding hydrogens is 361 g/mol. The van der Waals surface area contributed by atoms with E-state index in [1.807, 2.05) is 0 Å². The van der Waals surface area contributed by atoms with E-state index in [1.54, 1.807) is 25.1 Å². The lowest BCUT2D eigenvalue weighted by atomic mass is 10.0. The first kappa shape index (κ1) is 17.1. The van der Waals surface area contributed by atoms with Crippen molar-refractivity contribution < 1.29 is 17.7 Å². The Kier molecular flexibility index (Phi) is 3.87. The van der Waals surface area contributed by atoms with Crippen molar-refractivity contribution in [2.24, 2.45) is 0 Å². The summed E-state index contributed by atoms with van der Waals surface area (Å²) in [6.07, 6.45) is -3.01. The normalized spacial score (nSPS) is 12.0. The van der Waals surface area contributed by atoms with Crippen molar-refractivity contribution in [2.75, 3.05) is 0 Å². The van der Waals surface area contributed by atoms with E-state index < -0.39 is 11.7 Å². The van der Waals surface area contributed by atoms with Gasteiger partial charge in [0.25, 0.3) is 0 Å². The van der Waals surface area contributed by atoms with Crippen molar-refractivity contribution in [3.63, 3.8) is 0 Å². The van der Waals surface area contributed by atoms with Gasteiger partial charge in [0.2, 0.25) is 0 Å². The maximum absolute atomic E-state index is 13.0. The molecule has 0 aliphatic carbocycles. The lowest BCUT2D eigenvalue weighted by molar-refractivity contribution is -0.137. The Morgan fingerprint density at radius 1 is 1.19 bits per heavy atom. The van der Waals surface area contributed by atoms with Crippen LogP contribution in [0.5, 0.6) is 0 Å². The number of benzene rings is 1. The largest absolute Gasteiger partial charge is 0.416 e. The fraction of sp³-hybridized carbons (Fsp3) is 0.167. The summed E-state index contributed by atoms with van der Waals surface area (Å²) in [5, 5.41) is 3.86. The number of imidazole rings is 1. The van der Waals surface area contributed by atoms with Gasteiger partial charge in [-0.25, -0.2) is 9.78 Å². The van der Waals surface area contributed by atoms with Gasteiger partial charge < -0.3 is 4.52 Å². The molecule has 0 saturated carbocycles. The highest BCUT2D eigenvalue weighted by Crippen LogP contribution is 2.32. The van der Waals surface area contributed by atoms with Gasteiger partial charge in [-0.15, -0.1) is 0 Å². The molecule has 3 aromatic heterocycles. The number of aryl methyl sites for hydroxylation is 1. The SMILES string of the molecule is Cc1cc(Cn2c(=O)[nH]c3ncc(-c4cccc(C(F)(F)F)c4)cc32)no1. The molecule has 4 aromatic rings. The zero-order valence-electron chi connectivity index (χ0n) is 14.0. The molecular formula is C18H13F3N4O2. The van der Waals surface area contributed by atoms with E-state index in [0.717, 1.165) is 12.1 Å². The van der Waals surface area contributed by atoms with Gasteiger partial charge in [-0.3, -0.25) is 9.55 Å². The van der Waals surface area contributed by atoms with Gasteiger partial charge in [0.15, 0.2) is 5.65 Å². The number of nitrogens with zero attached hydrogens (tertiary/aromatic N) is 3. The number of fused-ring (bicyclic) bond motifs is 1. The summed E-state index contributed by atoms with van der Waals surface area (Å²) in [4.78, 5) is 19.0. The number of halogens is 3. The summed E-state index contributed by atoms with van der Waals surface area (Å²) in [7, 11) is 0. The molecule has 4 rings (SSSR count). The van der Waals surface area contributed by atoms with E-state index >= 15 is 0 Å². The predicted octanol–water partition coefficient (Wildman–Crippen LogP) is 3.76. The summed E-state index contributed by atoms with van der Waals surface area (Å²) in [6, 6.07) is 8.30. The van der Waals surface area contributed by atoms with Crippen molar-refractivity contribution in [1.29, 1.82) is 0 Å². The molecule has 9 heteroatoms. The second-order valence-electron chi connectivity index (χ2n) is 6.12. The van der Waals surface area contributed by atoms with Gasteiger partial charge in [0.1, 0.15) is 11.5 Å². The summed E-state index contributed by atoms with van der Waals surface area (Å²) >= 11 is 0. The van der Waals surface area contributed by atoms with E-state index in [0.29, 0.717) is 33.7 Å². The number of H-pyrrole nitrogens is 1. The van der Waals surface area contributed by atoms with Crippen molar-refractivity contribution in [3.8, 4) is 11.1 Å². The predicted molar refractivity (Wildman–Crippen MR) is 91.1 cm³/mol. The average Bonchev–Trinajstić information content (AvgIpc) is 3.17. The lowest BCUT2D eigenvalue weighted by Crippen LogP contribution is -2.17. The van der Waals surface area contributed by atoms with E-state index in [2.05, 4.69) is 15.1 Å². The van der Waals surface area contributed by atoms with Crippen LogP contribution in [0.1, 0.15) is 17.0 Å². The second-order valence-corrected chi connectivity index (χ2v) is 6.12. The van der Waals surface area contributed by atoms with Gasteiger partial charge >= 0.3 is 11.9 Å². The van der Waals surface area contributed by atoms with Crippen molar-refractivity contribution in [1.82, 2.24) is 19.7 Å². The van der Waals surface area contributed by atoms with Crippen LogP contribution in [0.3, 0.4) is 0 Å². The summed E-state index contributed by atoms with van der Waals surface area (Å²) in [5.74, 6) is 0.612. The van der Waals surface area contributed by atoms with Crippen molar-refractivity contribution in [3.05, 3.63) is 70.1 Å². The van der Waals surface area contributed by atoms with Crippen LogP contribution >= 0.6 is 0 Å². The Morgan fingerprint density at radius 2 is 2.00 bits per heavy atom. The van der Waals surface area contributed by atoms with Crippen molar-refractivity contribution in [2.45, 2.75) is 19.6 Å². The Labute approximate surface area is 150 Å². The van der Waals surface area contributed by atoms with E-state index in [1.165, 1.54) is 16.8 Å². The first-order chi connectivity index (χ1) is 12.8. The molecule has 27 heavy (non-hydrogen) atoms. The number of rotatable bonds is 3. The molecule has 0 bridgehead atoms. The summed E-state index contributed by atoms with van der Waals surface area (Å²) in [5.41, 5.74) is 1.06. The quantitative estimate of drug-likeness (QED) is 0.592. The minimum Gasteiger partial charge on any atom is -0.361 e. The minimum atomic E-state index is -4.44. The molecule has 3 heterocycles. The van der Waals surface area contributed by atoms with Gasteiger partial charge in [-0.1, -0.05) is 17.3 Å². The second kappa shape index (κ2) is 6.11. The Balaban J connectivity index is 1.80. The number of nitrogens with one attached hydrogen (secondary N) is 1. The van der Waals surface area contributed by atoms with Gasteiger partial charge in [-0.2, -0.15) is 13.2 Å². The molecule has 138 valence electrons. The minimum absolute atomic E-state index is 0.157.